The molecule has 106 valence electrons. The fourth-order valence-electron chi connectivity index (χ4n) is 3.30. The molecule has 2 fully saturated rings. The first-order valence-electron chi connectivity index (χ1n) is 7.84. The van der Waals surface area contributed by atoms with Crippen LogP contribution in [0.15, 0.2) is 0 Å². The first-order valence-corrected chi connectivity index (χ1v) is 9.00. The number of hydrogen-bond acceptors (Lipinski definition) is 3. The molecule has 1 saturated carbocycles. The summed E-state index contributed by atoms with van der Waals surface area (Å²) in [5.74, 6) is 3.22. The van der Waals surface area contributed by atoms with Gasteiger partial charge in [0, 0.05) is 17.5 Å². The van der Waals surface area contributed by atoms with Gasteiger partial charge in [-0.15, -0.1) is 0 Å². The van der Waals surface area contributed by atoms with E-state index in [4.69, 9.17) is 4.74 Å². The molecular weight excluding hydrogens is 242 g/mol. The number of ether oxygens (including phenoxy) is 1. The fourth-order valence-corrected chi connectivity index (χ4v) is 4.21. The van der Waals surface area contributed by atoms with E-state index in [2.05, 4.69) is 24.0 Å². The van der Waals surface area contributed by atoms with Crippen LogP contribution in [0.3, 0.4) is 0 Å². The number of rotatable bonds is 5. The normalized spacial score (nSPS) is 28.8. The summed E-state index contributed by atoms with van der Waals surface area (Å²) in [5, 5.41) is 3.80. The monoisotopic (exact) mass is 271 g/mol. The molecule has 0 amide bonds. The third kappa shape index (κ3) is 4.43. The van der Waals surface area contributed by atoms with Gasteiger partial charge in [0.05, 0.1) is 12.7 Å². The SMILES string of the molecule is CCCNC(C1CCCCCC1)C1CSCCO1. The molecule has 2 aliphatic rings. The van der Waals surface area contributed by atoms with Crippen LogP contribution in [-0.2, 0) is 4.74 Å². The lowest BCUT2D eigenvalue weighted by Gasteiger charge is -2.36. The minimum absolute atomic E-state index is 0.457. The lowest BCUT2D eigenvalue weighted by molar-refractivity contribution is 0.0271. The largest absolute Gasteiger partial charge is 0.375 e. The van der Waals surface area contributed by atoms with Crippen LogP contribution < -0.4 is 5.32 Å². The van der Waals surface area contributed by atoms with E-state index in [1.54, 1.807) is 0 Å². The van der Waals surface area contributed by atoms with Gasteiger partial charge in [-0.1, -0.05) is 32.6 Å². The van der Waals surface area contributed by atoms with Crippen LogP contribution in [0, 0.1) is 5.92 Å². The third-order valence-electron chi connectivity index (χ3n) is 4.28. The van der Waals surface area contributed by atoms with Crippen molar-refractivity contribution >= 4 is 11.8 Å². The Bertz CT molecular complexity index is 211. The third-order valence-corrected chi connectivity index (χ3v) is 5.30. The second kappa shape index (κ2) is 8.44. The molecule has 3 heteroatoms. The molecule has 2 rings (SSSR count). The predicted molar refractivity (Wildman–Crippen MR) is 80.3 cm³/mol. The van der Waals surface area contributed by atoms with Crippen molar-refractivity contribution in [2.24, 2.45) is 5.92 Å². The summed E-state index contributed by atoms with van der Waals surface area (Å²) in [6.07, 6.45) is 10.2. The van der Waals surface area contributed by atoms with Crippen molar-refractivity contribution in [1.82, 2.24) is 5.32 Å². The Kier molecular flexibility index (Phi) is 6.88. The highest BCUT2D eigenvalue weighted by molar-refractivity contribution is 7.99. The van der Waals surface area contributed by atoms with Gasteiger partial charge in [0.15, 0.2) is 0 Å². The van der Waals surface area contributed by atoms with Crippen molar-refractivity contribution in [3.05, 3.63) is 0 Å². The van der Waals surface area contributed by atoms with Gasteiger partial charge in [-0.05, 0) is 31.7 Å². The Morgan fingerprint density at radius 1 is 1.22 bits per heavy atom. The van der Waals surface area contributed by atoms with Crippen molar-refractivity contribution in [1.29, 1.82) is 0 Å². The molecule has 1 aliphatic heterocycles. The van der Waals surface area contributed by atoms with E-state index < -0.39 is 0 Å². The van der Waals surface area contributed by atoms with Crippen molar-refractivity contribution in [2.45, 2.75) is 64.0 Å². The van der Waals surface area contributed by atoms with Gasteiger partial charge in [-0.2, -0.15) is 11.8 Å². The zero-order chi connectivity index (χ0) is 12.6. The minimum Gasteiger partial charge on any atom is -0.375 e. The molecule has 2 nitrogen and oxygen atoms in total. The van der Waals surface area contributed by atoms with Crippen molar-refractivity contribution in [2.75, 3.05) is 24.7 Å². The van der Waals surface area contributed by atoms with E-state index in [9.17, 15) is 0 Å². The van der Waals surface area contributed by atoms with Crippen LogP contribution in [0.5, 0.6) is 0 Å². The molecular formula is C15H29NOS. The molecule has 0 aromatic heterocycles. The molecule has 0 aromatic rings. The highest BCUT2D eigenvalue weighted by atomic mass is 32.2. The highest BCUT2D eigenvalue weighted by Gasteiger charge is 2.31. The molecule has 0 radical (unpaired) electrons. The van der Waals surface area contributed by atoms with Crippen LogP contribution in [0.25, 0.3) is 0 Å². The molecule has 1 N–H and O–H groups in total. The molecule has 0 aromatic carbocycles. The van der Waals surface area contributed by atoms with E-state index in [0.29, 0.717) is 12.1 Å². The van der Waals surface area contributed by atoms with E-state index in [0.717, 1.165) is 19.1 Å². The summed E-state index contributed by atoms with van der Waals surface area (Å²) in [7, 11) is 0. The van der Waals surface area contributed by atoms with Crippen molar-refractivity contribution < 1.29 is 4.74 Å². The summed E-state index contributed by atoms with van der Waals surface area (Å²) in [6, 6.07) is 0.607. The second-order valence-electron chi connectivity index (χ2n) is 5.72. The highest BCUT2D eigenvalue weighted by Crippen LogP contribution is 2.29. The predicted octanol–water partition coefficient (Wildman–Crippen LogP) is 3.46. The molecule has 1 heterocycles. The lowest BCUT2D eigenvalue weighted by Crippen LogP contribution is -2.49. The molecule has 0 bridgehead atoms. The Balaban J connectivity index is 1.92. The minimum atomic E-state index is 0.457. The zero-order valence-electron chi connectivity index (χ0n) is 11.8. The Morgan fingerprint density at radius 3 is 2.61 bits per heavy atom. The quantitative estimate of drug-likeness (QED) is 0.774. The van der Waals surface area contributed by atoms with E-state index in [1.807, 2.05) is 0 Å². The average Bonchev–Trinajstić information content (AvgIpc) is 2.70. The molecule has 0 spiro atoms. The van der Waals surface area contributed by atoms with Crippen LogP contribution in [0.2, 0.25) is 0 Å². The van der Waals surface area contributed by atoms with Gasteiger partial charge in [-0.3, -0.25) is 0 Å². The van der Waals surface area contributed by atoms with Gasteiger partial charge < -0.3 is 10.1 Å². The molecule has 18 heavy (non-hydrogen) atoms. The van der Waals surface area contributed by atoms with Crippen LogP contribution >= 0.6 is 11.8 Å². The molecule has 1 aliphatic carbocycles. The van der Waals surface area contributed by atoms with Crippen molar-refractivity contribution in [3.8, 4) is 0 Å². The van der Waals surface area contributed by atoms with E-state index in [-0.39, 0.29) is 0 Å². The smallest absolute Gasteiger partial charge is 0.0821 e. The van der Waals surface area contributed by atoms with E-state index >= 15 is 0 Å². The molecule has 2 atom stereocenters. The van der Waals surface area contributed by atoms with Crippen LogP contribution in [0.1, 0.15) is 51.9 Å². The summed E-state index contributed by atoms with van der Waals surface area (Å²) < 4.78 is 6.05. The first-order chi connectivity index (χ1) is 8.92. The van der Waals surface area contributed by atoms with Gasteiger partial charge in [0.25, 0.3) is 0 Å². The summed E-state index contributed by atoms with van der Waals surface area (Å²) in [4.78, 5) is 0. The number of thioether (sulfide) groups is 1. The first kappa shape index (κ1) is 14.7. The Labute approximate surface area is 117 Å². The van der Waals surface area contributed by atoms with Crippen molar-refractivity contribution in [3.63, 3.8) is 0 Å². The number of hydrogen-bond donors (Lipinski definition) is 1. The summed E-state index contributed by atoms with van der Waals surface area (Å²) in [6.45, 7) is 4.35. The Hall–Kier alpha value is 0.270. The van der Waals surface area contributed by atoms with Gasteiger partial charge in [0.2, 0.25) is 0 Å². The average molecular weight is 271 g/mol. The van der Waals surface area contributed by atoms with Crippen LogP contribution in [-0.4, -0.2) is 36.8 Å². The van der Waals surface area contributed by atoms with Crippen LogP contribution in [0.4, 0.5) is 0 Å². The zero-order valence-corrected chi connectivity index (χ0v) is 12.6. The lowest BCUT2D eigenvalue weighted by atomic mass is 9.88. The second-order valence-corrected chi connectivity index (χ2v) is 6.87. The number of nitrogens with one attached hydrogen (secondary N) is 1. The molecule has 2 unspecified atom stereocenters. The van der Waals surface area contributed by atoms with E-state index in [1.165, 1.54) is 56.5 Å². The molecule has 1 saturated heterocycles. The standard InChI is InChI=1S/C15H29NOS/c1-2-9-16-15(14-12-18-11-10-17-14)13-7-5-3-4-6-8-13/h13-16H,2-12H2,1H3. The Morgan fingerprint density at radius 2 is 2.00 bits per heavy atom. The maximum atomic E-state index is 6.05. The summed E-state index contributed by atoms with van der Waals surface area (Å²) in [5.41, 5.74) is 0. The summed E-state index contributed by atoms with van der Waals surface area (Å²) >= 11 is 2.07. The van der Waals surface area contributed by atoms with Gasteiger partial charge in [0.1, 0.15) is 0 Å². The topological polar surface area (TPSA) is 21.3 Å². The maximum Gasteiger partial charge on any atom is 0.0821 e. The maximum absolute atomic E-state index is 6.05. The van der Waals surface area contributed by atoms with Gasteiger partial charge in [-0.25, -0.2) is 0 Å². The van der Waals surface area contributed by atoms with Gasteiger partial charge >= 0.3 is 0 Å². The fraction of sp³-hybridized carbons (Fsp3) is 1.00.